The third-order valence-electron chi connectivity index (χ3n) is 2.03. The van der Waals surface area contributed by atoms with E-state index in [9.17, 15) is 4.79 Å². The number of anilines is 1. The number of benzene rings is 1. The van der Waals surface area contributed by atoms with E-state index in [1.807, 2.05) is 30.3 Å². The molecule has 1 heterocycles. The predicted octanol–water partition coefficient (Wildman–Crippen LogP) is 1.73. The van der Waals surface area contributed by atoms with E-state index in [4.69, 9.17) is 4.74 Å². The van der Waals surface area contributed by atoms with Gasteiger partial charge in [-0.15, -0.1) is 5.10 Å². The molecule has 0 saturated heterocycles. The summed E-state index contributed by atoms with van der Waals surface area (Å²) in [6.45, 7) is 0. The van der Waals surface area contributed by atoms with Crippen LogP contribution in [0, 0.1) is 0 Å². The molecule has 1 aromatic heterocycles. The molecule has 6 heteroatoms. The van der Waals surface area contributed by atoms with E-state index in [0.717, 1.165) is 5.56 Å². The number of carbonyl (C=O) groups is 1. The second-order valence-electron chi connectivity index (χ2n) is 3.29. The van der Waals surface area contributed by atoms with Gasteiger partial charge in [0, 0.05) is 0 Å². The lowest BCUT2D eigenvalue weighted by molar-refractivity contribution is -0.115. The molecule has 17 heavy (non-hydrogen) atoms. The van der Waals surface area contributed by atoms with Gasteiger partial charge in [-0.25, -0.2) is 0 Å². The van der Waals surface area contributed by atoms with Crippen molar-refractivity contribution in [2.45, 2.75) is 6.42 Å². The number of amides is 1. The highest BCUT2D eigenvalue weighted by molar-refractivity contribution is 7.17. The fourth-order valence-electron chi connectivity index (χ4n) is 1.29. The number of hydrogen-bond acceptors (Lipinski definition) is 5. The average molecular weight is 249 g/mol. The number of nitrogens with one attached hydrogen (secondary N) is 1. The summed E-state index contributed by atoms with van der Waals surface area (Å²) in [4.78, 5) is 11.7. The van der Waals surface area contributed by atoms with Crippen LogP contribution in [-0.2, 0) is 11.2 Å². The Labute approximate surface area is 102 Å². The van der Waals surface area contributed by atoms with Gasteiger partial charge in [-0.05, 0) is 16.9 Å². The highest BCUT2D eigenvalue weighted by Crippen LogP contribution is 2.21. The van der Waals surface area contributed by atoms with Crippen molar-refractivity contribution in [1.82, 2.24) is 10.2 Å². The molecule has 2 aromatic rings. The molecule has 0 atom stereocenters. The van der Waals surface area contributed by atoms with Crippen molar-refractivity contribution in [1.29, 1.82) is 0 Å². The van der Waals surface area contributed by atoms with Crippen molar-refractivity contribution >= 4 is 22.4 Å². The molecule has 1 aromatic carbocycles. The molecule has 5 nitrogen and oxygen atoms in total. The fourth-order valence-corrected chi connectivity index (χ4v) is 1.86. The van der Waals surface area contributed by atoms with Gasteiger partial charge in [-0.3, -0.25) is 4.79 Å². The zero-order chi connectivity index (χ0) is 12.1. The summed E-state index contributed by atoms with van der Waals surface area (Å²) in [5, 5.41) is 11.1. The Bertz CT molecular complexity index is 498. The first-order valence-corrected chi connectivity index (χ1v) is 5.81. The maximum atomic E-state index is 11.7. The van der Waals surface area contributed by atoms with Gasteiger partial charge in [0.05, 0.1) is 13.5 Å². The lowest BCUT2D eigenvalue weighted by Crippen LogP contribution is -2.14. The number of ether oxygens (including phenoxy) is 1. The van der Waals surface area contributed by atoms with Gasteiger partial charge in [-0.1, -0.05) is 35.4 Å². The third-order valence-corrected chi connectivity index (χ3v) is 2.83. The molecule has 0 radical (unpaired) electrons. The van der Waals surface area contributed by atoms with Crippen LogP contribution in [-0.4, -0.2) is 23.2 Å². The Balaban J connectivity index is 1.93. The van der Waals surface area contributed by atoms with Gasteiger partial charge in [0.15, 0.2) is 0 Å². The summed E-state index contributed by atoms with van der Waals surface area (Å²) in [5.74, 6) is -0.116. The van der Waals surface area contributed by atoms with Crippen LogP contribution in [0.4, 0.5) is 5.13 Å². The normalized spacial score (nSPS) is 9.94. The smallest absolute Gasteiger partial charge is 0.295 e. The fraction of sp³-hybridized carbons (Fsp3) is 0.182. The average Bonchev–Trinajstić information content (AvgIpc) is 2.78. The Morgan fingerprint density at radius 1 is 1.35 bits per heavy atom. The van der Waals surface area contributed by atoms with Crippen molar-refractivity contribution in [2.75, 3.05) is 12.4 Å². The molecule has 0 aliphatic heterocycles. The number of hydrogen-bond donors (Lipinski definition) is 1. The van der Waals surface area contributed by atoms with Gasteiger partial charge >= 0.3 is 0 Å². The summed E-state index contributed by atoms with van der Waals surface area (Å²) in [7, 11) is 1.51. The van der Waals surface area contributed by atoms with E-state index in [1.54, 1.807) is 0 Å². The van der Waals surface area contributed by atoms with Gasteiger partial charge in [0.2, 0.25) is 11.0 Å². The molecular formula is C11H11N3O2S. The molecule has 0 bridgehead atoms. The van der Waals surface area contributed by atoms with Crippen molar-refractivity contribution in [3.63, 3.8) is 0 Å². The minimum atomic E-state index is -0.116. The molecule has 0 spiro atoms. The van der Waals surface area contributed by atoms with E-state index in [2.05, 4.69) is 15.5 Å². The first-order valence-electron chi connectivity index (χ1n) is 4.99. The molecule has 0 unspecified atom stereocenters. The SMILES string of the molecule is COc1nnc(NC(=O)Cc2ccccc2)s1. The predicted molar refractivity (Wildman–Crippen MR) is 65.2 cm³/mol. The topological polar surface area (TPSA) is 64.1 Å². The van der Waals surface area contributed by atoms with Crippen LogP contribution in [0.2, 0.25) is 0 Å². The number of methoxy groups -OCH3 is 1. The molecule has 88 valence electrons. The molecule has 0 fully saturated rings. The maximum absolute atomic E-state index is 11.7. The van der Waals surface area contributed by atoms with E-state index in [0.29, 0.717) is 16.7 Å². The number of rotatable bonds is 4. The molecular weight excluding hydrogens is 238 g/mol. The summed E-state index contributed by atoms with van der Waals surface area (Å²) in [5.41, 5.74) is 0.960. The minimum absolute atomic E-state index is 0.116. The van der Waals surface area contributed by atoms with Gasteiger partial charge in [-0.2, -0.15) is 0 Å². The van der Waals surface area contributed by atoms with Crippen LogP contribution in [0.25, 0.3) is 0 Å². The zero-order valence-corrected chi connectivity index (χ0v) is 10.0. The van der Waals surface area contributed by atoms with Crippen molar-refractivity contribution in [3.8, 4) is 5.19 Å². The van der Waals surface area contributed by atoms with Crippen LogP contribution in [0.15, 0.2) is 30.3 Å². The summed E-state index contributed by atoms with van der Waals surface area (Å²) in [6, 6.07) is 9.52. The summed E-state index contributed by atoms with van der Waals surface area (Å²) >= 11 is 1.20. The van der Waals surface area contributed by atoms with Crippen LogP contribution >= 0.6 is 11.3 Å². The van der Waals surface area contributed by atoms with Crippen LogP contribution in [0.3, 0.4) is 0 Å². The second-order valence-corrected chi connectivity index (χ2v) is 4.23. The number of aromatic nitrogens is 2. The standard InChI is InChI=1S/C11H11N3O2S/c1-16-11-14-13-10(17-11)12-9(15)7-8-5-3-2-4-6-8/h2-6H,7H2,1H3,(H,12,13,15). The number of carbonyl (C=O) groups excluding carboxylic acids is 1. The molecule has 1 N–H and O–H groups in total. The Morgan fingerprint density at radius 2 is 2.12 bits per heavy atom. The van der Waals surface area contributed by atoms with E-state index in [-0.39, 0.29) is 5.91 Å². The van der Waals surface area contributed by atoms with Gasteiger partial charge in [0.1, 0.15) is 0 Å². The first kappa shape index (κ1) is 11.5. The molecule has 0 aliphatic carbocycles. The zero-order valence-electron chi connectivity index (χ0n) is 9.21. The number of nitrogens with zero attached hydrogens (tertiary/aromatic N) is 2. The van der Waals surface area contributed by atoms with Gasteiger partial charge < -0.3 is 10.1 Å². The maximum Gasteiger partial charge on any atom is 0.295 e. The van der Waals surface area contributed by atoms with E-state index < -0.39 is 0 Å². The third kappa shape index (κ3) is 3.25. The van der Waals surface area contributed by atoms with Crippen LogP contribution in [0.5, 0.6) is 5.19 Å². The Kier molecular flexibility index (Phi) is 3.66. The largest absolute Gasteiger partial charge is 0.472 e. The second kappa shape index (κ2) is 5.40. The minimum Gasteiger partial charge on any atom is -0.472 e. The van der Waals surface area contributed by atoms with Crippen molar-refractivity contribution < 1.29 is 9.53 Å². The lowest BCUT2D eigenvalue weighted by atomic mass is 10.1. The van der Waals surface area contributed by atoms with Crippen LogP contribution < -0.4 is 10.1 Å². The molecule has 0 saturated carbocycles. The quantitative estimate of drug-likeness (QED) is 0.896. The highest BCUT2D eigenvalue weighted by atomic mass is 32.1. The highest BCUT2D eigenvalue weighted by Gasteiger charge is 2.08. The summed E-state index contributed by atoms with van der Waals surface area (Å²) in [6.07, 6.45) is 0.322. The van der Waals surface area contributed by atoms with E-state index in [1.165, 1.54) is 18.4 Å². The lowest BCUT2D eigenvalue weighted by Gasteiger charge is -2.00. The van der Waals surface area contributed by atoms with Gasteiger partial charge in [0.25, 0.3) is 5.19 Å². The van der Waals surface area contributed by atoms with E-state index >= 15 is 0 Å². The van der Waals surface area contributed by atoms with Crippen LogP contribution in [0.1, 0.15) is 5.56 Å². The summed E-state index contributed by atoms with van der Waals surface area (Å²) < 4.78 is 4.89. The van der Waals surface area contributed by atoms with Crippen molar-refractivity contribution in [3.05, 3.63) is 35.9 Å². The molecule has 1 amide bonds. The molecule has 0 aliphatic rings. The Morgan fingerprint density at radius 3 is 2.76 bits per heavy atom. The Hall–Kier alpha value is -1.95. The first-order chi connectivity index (χ1) is 8.28. The van der Waals surface area contributed by atoms with Crippen molar-refractivity contribution in [2.24, 2.45) is 0 Å². The monoisotopic (exact) mass is 249 g/mol. The molecule has 2 rings (SSSR count).